The molecule has 0 saturated carbocycles. The highest BCUT2D eigenvalue weighted by molar-refractivity contribution is 7.25. The largest absolute Gasteiger partial charge is 0.310 e. The molecule has 1 aliphatic rings. The van der Waals surface area contributed by atoms with Crippen molar-refractivity contribution in [3.05, 3.63) is 199 Å². The van der Waals surface area contributed by atoms with E-state index in [0.29, 0.717) is 0 Å². The quantitative estimate of drug-likeness (QED) is 0.171. The molecule has 1 aliphatic carbocycles. The summed E-state index contributed by atoms with van der Waals surface area (Å²) in [7, 11) is 0. The molecule has 1 aromatic heterocycles. The normalized spacial score (nSPS) is 13.1. The van der Waals surface area contributed by atoms with Gasteiger partial charge in [0.25, 0.3) is 0 Å². The predicted molar refractivity (Wildman–Crippen MR) is 237 cm³/mol. The van der Waals surface area contributed by atoms with E-state index in [4.69, 9.17) is 0 Å². The van der Waals surface area contributed by atoms with Gasteiger partial charge in [-0.15, -0.1) is 11.3 Å². The Hall–Kier alpha value is -6.48. The second-order valence-corrected chi connectivity index (χ2v) is 16.5. The Morgan fingerprint density at radius 1 is 0.400 bits per heavy atom. The summed E-state index contributed by atoms with van der Waals surface area (Å²) in [4.78, 5) is 2.48. The number of fused-ring (bicyclic) bond motifs is 8. The number of nitrogens with zero attached hydrogens (tertiary/aromatic N) is 1. The highest BCUT2D eigenvalue weighted by Crippen LogP contribution is 2.54. The van der Waals surface area contributed by atoms with Crippen molar-refractivity contribution in [2.24, 2.45) is 0 Å². The molecule has 0 aliphatic heterocycles. The van der Waals surface area contributed by atoms with E-state index in [1.54, 1.807) is 0 Å². The third kappa shape index (κ3) is 5.13. The third-order valence-corrected chi connectivity index (χ3v) is 13.0. The van der Waals surface area contributed by atoms with E-state index >= 15 is 0 Å². The Balaban J connectivity index is 1.03. The van der Waals surface area contributed by atoms with Crippen LogP contribution in [0.1, 0.15) is 25.0 Å². The number of hydrogen-bond donors (Lipinski definition) is 0. The smallest absolute Gasteiger partial charge is 0.0543 e. The molecule has 11 rings (SSSR count). The summed E-state index contributed by atoms with van der Waals surface area (Å²) in [5.74, 6) is 0. The van der Waals surface area contributed by atoms with E-state index in [-0.39, 0.29) is 5.41 Å². The van der Waals surface area contributed by atoms with Crippen molar-refractivity contribution in [2.75, 3.05) is 4.90 Å². The summed E-state index contributed by atoms with van der Waals surface area (Å²) in [6, 6.07) is 69.8. The first-order valence-electron chi connectivity index (χ1n) is 19.1. The molecule has 0 amide bonds. The van der Waals surface area contributed by atoms with E-state index in [0.717, 1.165) is 11.4 Å². The Kier molecular flexibility index (Phi) is 7.14. The topological polar surface area (TPSA) is 3.24 Å². The molecule has 0 fully saturated rings. The molecule has 0 atom stereocenters. The van der Waals surface area contributed by atoms with E-state index in [9.17, 15) is 0 Å². The van der Waals surface area contributed by atoms with Crippen molar-refractivity contribution >= 4 is 70.1 Å². The van der Waals surface area contributed by atoms with Gasteiger partial charge < -0.3 is 4.90 Å². The second-order valence-electron chi connectivity index (χ2n) is 15.4. The summed E-state index contributed by atoms with van der Waals surface area (Å²) in [5, 5.41) is 7.62. The van der Waals surface area contributed by atoms with Gasteiger partial charge in [-0.25, -0.2) is 0 Å². The van der Waals surface area contributed by atoms with Gasteiger partial charge in [-0.2, -0.15) is 0 Å². The van der Waals surface area contributed by atoms with Crippen LogP contribution in [0.15, 0.2) is 188 Å². The molecule has 260 valence electrons. The lowest BCUT2D eigenvalue weighted by atomic mass is 9.82. The fraction of sp³-hybridized carbons (Fsp3) is 0.0566. The van der Waals surface area contributed by atoms with Gasteiger partial charge in [-0.05, 0) is 121 Å². The minimum absolute atomic E-state index is 0.0881. The molecular formula is C53H37NS. The maximum atomic E-state index is 2.48. The summed E-state index contributed by atoms with van der Waals surface area (Å²) in [6.45, 7) is 4.72. The van der Waals surface area contributed by atoms with E-state index in [2.05, 4.69) is 207 Å². The van der Waals surface area contributed by atoms with E-state index < -0.39 is 0 Å². The molecule has 0 saturated heterocycles. The number of thiophene rings is 1. The van der Waals surface area contributed by atoms with E-state index in [1.807, 2.05) is 11.3 Å². The van der Waals surface area contributed by atoms with Crippen LogP contribution in [0, 0.1) is 0 Å². The molecule has 0 spiro atoms. The van der Waals surface area contributed by atoms with Crippen LogP contribution in [0.3, 0.4) is 0 Å². The van der Waals surface area contributed by atoms with Crippen molar-refractivity contribution in [1.82, 2.24) is 0 Å². The Bertz CT molecular complexity index is 3130. The molecule has 10 aromatic rings. The fourth-order valence-corrected chi connectivity index (χ4v) is 10.1. The van der Waals surface area contributed by atoms with Crippen molar-refractivity contribution < 1.29 is 0 Å². The summed E-state index contributed by atoms with van der Waals surface area (Å²) >= 11 is 1.87. The molecule has 1 heterocycles. The highest BCUT2D eigenvalue weighted by atomic mass is 32.1. The Morgan fingerprint density at radius 3 is 1.78 bits per heavy atom. The molecule has 2 heteroatoms. The van der Waals surface area contributed by atoms with Gasteiger partial charge in [0, 0.05) is 42.5 Å². The van der Waals surface area contributed by atoms with Crippen LogP contribution in [-0.2, 0) is 5.41 Å². The first-order valence-corrected chi connectivity index (χ1v) is 19.9. The first-order chi connectivity index (χ1) is 27.0. The minimum Gasteiger partial charge on any atom is -0.310 e. The van der Waals surface area contributed by atoms with Gasteiger partial charge in [-0.3, -0.25) is 0 Å². The van der Waals surface area contributed by atoms with Gasteiger partial charge in [0.15, 0.2) is 0 Å². The second kappa shape index (κ2) is 12.3. The lowest BCUT2D eigenvalue weighted by molar-refractivity contribution is 0.660. The SMILES string of the molecule is CC1(C)c2ccccc2-c2c(N(c3ccc(-c4ccc5ccc(-c6ccc7ccccc7c6)cc5c4)cc3)c3ccc4sc5ccccc5c4c3)cccc21. The molecule has 0 unspecified atom stereocenters. The molecular weight excluding hydrogens is 683 g/mol. The van der Waals surface area contributed by atoms with Crippen LogP contribution in [-0.4, -0.2) is 0 Å². The van der Waals surface area contributed by atoms with Crippen LogP contribution >= 0.6 is 11.3 Å². The van der Waals surface area contributed by atoms with Crippen LogP contribution in [0.4, 0.5) is 17.1 Å². The fourth-order valence-electron chi connectivity index (χ4n) is 8.98. The number of benzene rings is 9. The third-order valence-electron chi connectivity index (χ3n) is 11.8. The summed E-state index contributed by atoms with van der Waals surface area (Å²) < 4.78 is 2.63. The molecule has 55 heavy (non-hydrogen) atoms. The molecule has 0 N–H and O–H groups in total. The zero-order valence-electron chi connectivity index (χ0n) is 30.8. The predicted octanol–water partition coefficient (Wildman–Crippen LogP) is 15.5. The summed E-state index contributed by atoms with van der Waals surface area (Å²) in [6.07, 6.45) is 0. The average molecular weight is 720 g/mol. The van der Waals surface area contributed by atoms with Crippen LogP contribution in [0.5, 0.6) is 0 Å². The number of rotatable bonds is 5. The van der Waals surface area contributed by atoms with Gasteiger partial charge in [0.1, 0.15) is 0 Å². The number of anilines is 3. The minimum atomic E-state index is -0.0881. The monoisotopic (exact) mass is 719 g/mol. The standard InChI is InChI=1S/C53H37NS/c1-53(2)47-14-7-5-13-45(47)52-48(53)15-9-16-49(52)54(43-28-29-51-46(33-43)44-12-6-8-17-50(44)55-51)42-26-24-35(25-27-42)38-21-19-36-20-23-40(32-41(36)31-38)39-22-18-34-10-3-4-11-37(34)30-39/h3-33H,1-2H3. The van der Waals surface area contributed by atoms with Gasteiger partial charge in [0.2, 0.25) is 0 Å². The molecule has 0 bridgehead atoms. The lowest BCUT2D eigenvalue weighted by Gasteiger charge is -2.29. The molecule has 1 nitrogen and oxygen atoms in total. The van der Waals surface area contributed by atoms with Crippen molar-refractivity contribution in [1.29, 1.82) is 0 Å². The van der Waals surface area contributed by atoms with Crippen molar-refractivity contribution in [3.63, 3.8) is 0 Å². The van der Waals surface area contributed by atoms with Gasteiger partial charge in [-0.1, -0.05) is 141 Å². The Labute approximate surface area is 325 Å². The summed E-state index contributed by atoms with van der Waals surface area (Å²) in [5.41, 5.74) is 13.7. The van der Waals surface area contributed by atoms with Crippen LogP contribution < -0.4 is 4.90 Å². The average Bonchev–Trinajstić information content (AvgIpc) is 3.72. The zero-order valence-corrected chi connectivity index (χ0v) is 31.6. The zero-order chi connectivity index (χ0) is 36.7. The van der Waals surface area contributed by atoms with Gasteiger partial charge in [0.05, 0.1) is 5.69 Å². The Morgan fingerprint density at radius 2 is 0.982 bits per heavy atom. The van der Waals surface area contributed by atoms with Crippen molar-refractivity contribution in [3.8, 4) is 33.4 Å². The highest BCUT2D eigenvalue weighted by Gasteiger charge is 2.37. The first kappa shape index (κ1) is 32.0. The van der Waals surface area contributed by atoms with Crippen molar-refractivity contribution in [2.45, 2.75) is 19.3 Å². The van der Waals surface area contributed by atoms with E-state index in [1.165, 1.54) is 91.9 Å². The lowest BCUT2D eigenvalue weighted by Crippen LogP contribution is -2.16. The number of hydrogen-bond acceptors (Lipinski definition) is 2. The molecule has 9 aromatic carbocycles. The maximum Gasteiger partial charge on any atom is 0.0543 e. The maximum absolute atomic E-state index is 2.48. The van der Waals surface area contributed by atoms with Crippen LogP contribution in [0.25, 0.3) is 75.1 Å². The van der Waals surface area contributed by atoms with Gasteiger partial charge >= 0.3 is 0 Å². The van der Waals surface area contributed by atoms with Crippen LogP contribution in [0.2, 0.25) is 0 Å². The molecule has 0 radical (unpaired) electrons.